The van der Waals surface area contributed by atoms with Gasteiger partial charge in [0.05, 0.1) is 11.0 Å². The van der Waals surface area contributed by atoms with Gasteiger partial charge in [0.25, 0.3) is 0 Å². The molecular weight excluding hydrogens is 843 g/mol. The van der Waals surface area contributed by atoms with Gasteiger partial charge in [-0.05, 0) is 142 Å². The Morgan fingerprint density at radius 1 is 0.300 bits per heavy atom. The normalized spacial score (nSPS) is 12.1. The minimum atomic E-state index is 0.192. The smallest absolute Gasteiger partial charge is 0.0541 e. The lowest BCUT2D eigenvalue weighted by atomic mass is 9.82. The van der Waals surface area contributed by atoms with Gasteiger partial charge in [0.1, 0.15) is 0 Å². The van der Waals surface area contributed by atoms with Crippen LogP contribution in [-0.4, -0.2) is 4.57 Å². The molecule has 0 saturated heterocycles. The topological polar surface area (TPSA) is 4.93 Å². The minimum Gasteiger partial charge on any atom is -0.309 e. The van der Waals surface area contributed by atoms with E-state index in [2.05, 4.69) is 273 Å². The Balaban J connectivity index is 0.894. The van der Waals surface area contributed by atoms with Crippen LogP contribution in [0.4, 0.5) is 0 Å². The zero-order chi connectivity index (χ0) is 46.7. The van der Waals surface area contributed by atoms with Crippen molar-refractivity contribution in [2.75, 3.05) is 0 Å². The van der Waals surface area contributed by atoms with E-state index in [1.165, 1.54) is 126 Å². The van der Waals surface area contributed by atoms with Gasteiger partial charge in [-0.1, -0.05) is 231 Å². The molecule has 1 aromatic heterocycles. The second kappa shape index (κ2) is 17.1. The molecule has 12 aromatic carbocycles. The lowest BCUT2D eigenvalue weighted by molar-refractivity contribution is 0.927. The third-order valence-electron chi connectivity index (χ3n) is 14.9. The molecule has 70 heavy (non-hydrogen) atoms. The minimum absolute atomic E-state index is 0.192. The fraction of sp³-hybridized carbons (Fsp3) is 0.0435. The van der Waals surface area contributed by atoms with Crippen LogP contribution in [0.2, 0.25) is 0 Å². The highest BCUT2D eigenvalue weighted by molar-refractivity contribution is 6.21. The van der Waals surface area contributed by atoms with Crippen LogP contribution in [0.1, 0.15) is 29.5 Å². The molecule has 1 atom stereocenters. The molecule has 0 radical (unpaired) electrons. The average Bonchev–Trinajstić information content (AvgIpc) is 3.76. The van der Waals surface area contributed by atoms with Crippen molar-refractivity contribution in [2.24, 2.45) is 0 Å². The van der Waals surface area contributed by atoms with Crippen molar-refractivity contribution in [1.29, 1.82) is 0 Å². The van der Waals surface area contributed by atoms with Gasteiger partial charge in [0, 0.05) is 22.4 Å². The zero-order valence-electron chi connectivity index (χ0n) is 39.3. The summed E-state index contributed by atoms with van der Waals surface area (Å²) in [6.45, 7) is 4.63. The Hall–Kier alpha value is -8.78. The first kappa shape index (κ1) is 41.4. The molecule has 13 aromatic rings. The molecule has 0 spiro atoms. The average molecular weight is 892 g/mol. The number of nitrogens with zero attached hydrogens (tertiary/aromatic N) is 1. The molecular formula is C69H49N. The highest BCUT2D eigenvalue weighted by Gasteiger charge is 2.21. The fourth-order valence-corrected chi connectivity index (χ4v) is 11.6. The number of hydrogen-bond acceptors (Lipinski definition) is 0. The quantitative estimate of drug-likeness (QED) is 0.134. The van der Waals surface area contributed by atoms with Crippen LogP contribution in [-0.2, 0) is 0 Å². The van der Waals surface area contributed by atoms with E-state index in [0.29, 0.717) is 0 Å². The highest BCUT2D eigenvalue weighted by Crippen LogP contribution is 2.46. The molecule has 1 unspecified atom stereocenters. The van der Waals surface area contributed by atoms with Gasteiger partial charge in [-0.15, -0.1) is 0 Å². The van der Waals surface area contributed by atoms with Gasteiger partial charge in [-0.3, -0.25) is 0 Å². The van der Waals surface area contributed by atoms with Crippen LogP contribution >= 0.6 is 0 Å². The van der Waals surface area contributed by atoms with E-state index in [1.54, 1.807) is 0 Å². The summed E-state index contributed by atoms with van der Waals surface area (Å²) in [4.78, 5) is 0. The van der Waals surface area contributed by atoms with Crippen LogP contribution in [0.3, 0.4) is 0 Å². The summed E-state index contributed by atoms with van der Waals surface area (Å²) in [5, 5.41) is 10.0. The Kier molecular flexibility index (Phi) is 10.1. The van der Waals surface area contributed by atoms with E-state index < -0.39 is 0 Å². The van der Waals surface area contributed by atoms with Crippen molar-refractivity contribution in [3.05, 3.63) is 271 Å². The van der Waals surface area contributed by atoms with Crippen molar-refractivity contribution >= 4 is 54.1 Å². The summed E-state index contributed by atoms with van der Waals surface area (Å²) in [7, 11) is 0. The predicted octanol–water partition coefficient (Wildman–Crippen LogP) is 19.0. The number of aromatic nitrogens is 1. The summed E-state index contributed by atoms with van der Waals surface area (Å²) in [6, 6.07) is 94.1. The van der Waals surface area contributed by atoms with E-state index in [-0.39, 0.29) is 5.92 Å². The van der Waals surface area contributed by atoms with Crippen molar-refractivity contribution in [1.82, 2.24) is 4.57 Å². The number of rotatable bonds is 8. The third-order valence-corrected chi connectivity index (χ3v) is 14.9. The molecule has 0 N–H and O–H groups in total. The Labute approximate surface area is 409 Å². The molecule has 0 saturated carbocycles. The van der Waals surface area contributed by atoms with Crippen LogP contribution in [0.5, 0.6) is 0 Å². The Bertz CT molecular complexity index is 4070. The highest BCUT2D eigenvalue weighted by atomic mass is 15.0. The van der Waals surface area contributed by atoms with E-state index in [0.717, 1.165) is 5.69 Å². The zero-order valence-corrected chi connectivity index (χ0v) is 39.3. The SMILES string of the molecule is Cc1cc(-c2c3ccccc3c(-c3ccc(-n4c5ccccc5c5cc(-c6cccc7ccccc67)ccc54)cc3)c3ccccc23)ccc1-c1ccccc1C(C)c1ccccc1-c1ccccc1. The number of fused-ring (bicyclic) bond motifs is 6. The molecule has 0 amide bonds. The van der Waals surface area contributed by atoms with E-state index in [4.69, 9.17) is 0 Å². The van der Waals surface area contributed by atoms with Crippen LogP contribution in [0.15, 0.2) is 255 Å². The maximum Gasteiger partial charge on any atom is 0.0541 e. The maximum atomic E-state index is 2.43. The summed E-state index contributed by atoms with van der Waals surface area (Å²) >= 11 is 0. The molecule has 1 heterocycles. The first-order chi connectivity index (χ1) is 34.6. The maximum absolute atomic E-state index is 2.43. The van der Waals surface area contributed by atoms with Crippen LogP contribution in [0, 0.1) is 6.92 Å². The van der Waals surface area contributed by atoms with Crippen molar-refractivity contribution in [3.8, 4) is 61.3 Å². The molecule has 0 aliphatic heterocycles. The first-order valence-electron chi connectivity index (χ1n) is 24.5. The lowest BCUT2D eigenvalue weighted by Crippen LogP contribution is -2.02. The molecule has 1 nitrogen and oxygen atoms in total. The second-order valence-corrected chi connectivity index (χ2v) is 18.8. The van der Waals surface area contributed by atoms with Crippen LogP contribution in [0.25, 0.3) is 115 Å². The molecule has 1 heteroatoms. The third kappa shape index (κ3) is 6.85. The summed E-state index contributed by atoms with van der Waals surface area (Å²) in [6.07, 6.45) is 0. The molecule has 0 aliphatic carbocycles. The van der Waals surface area contributed by atoms with Gasteiger partial charge in [0.2, 0.25) is 0 Å². The van der Waals surface area contributed by atoms with Crippen molar-refractivity contribution in [2.45, 2.75) is 19.8 Å². The Morgan fingerprint density at radius 3 is 1.50 bits per heavy atom. The number of aryl methyl sites for hydroxylation is 1. The standard InChI is InChI=1S/C69H49N/c1-45-43-51(37-41-53(45)59-27-11-9-24-55(59)46(2)54-23-8-10-25-56(54)47-19-4-3-5-20-47)69-63-31-14-12-29-61(63)68(62-30-13-15-32-64(62)69)49-35-39-52(40-36-49)70-66-34-17-16-28-60(66)65-44-50(38-42-67(65)70)58-33-18-22-48-21-6-7-26-57(48)58/h3-44,46H,1-2H3. The molecule has 13 rings (SSSR count). The predicted molar refractivity (Wildman–Crippen MR) is 299 cm³/mol. The first-order valence-corrected chi connectivity index (χ1v) is 24.5. The monoisotopic (exact) mass is 891 g/mol. The van der Waals surface area contributed by atoms with Gasteiger partial charge >= 0.3 is 0 Å². The van der Waals surface area contributed by atoms with Gasteiger partial charge in [0.15, 0.2) is 0 Å². The summed E-state index contributed by atoms with van der Waals surface area (Å²) < 4.78 is 2.43. The van der Waals surface area contributed by atoms with E-state index in [1.807, 2.05) is 0 Å². The fourth-order valence-electron chi connectivity index (χ4n) is 11.6. The van der Waals surface area contributed by atoms with Crippen LogP contribution < -0.4 is 0 Å². The summed E-state index contributed by atoms with van der Waals surface area (Å²) in [5.41, 5.74) is 20.0. The van der Waals surface area contributed by atoms with Crippen molar-refractivity contribution < 1.29 is 0 Å². The second-order valence-electron chi connectivity index (χ2n) is 18.8. The molecule has 0 fully saturated rings. The number of hydrogen-bond donors (Lipinski definition) is 0. The molecule has 0 bridgehead atoms. The lowest BCUT2D eigenvalue weighted by Gasteiger charge is -2.22. The van der Waals surface area contributed by atoms with Gasteiger partial charge < -0.3 is 4.57 Å². The van der Waals surface area contributed by atoms with Crippen molar-refractivity contribution in [3.63, 3.8) is 0 Å². The molecule has 330 valence electrons. The summed E-state index contributed by atoms with van der Waals surface area (Å²) in [5.74, 6) is 0.192. The number of benzene rings is 12. The van der Waals surface area contributed by atoms with E-state index in [9.17, 15) is 0 Å². The number of para-hydroxylation sites is 1. The van der Waals surface area contributed by atoms with Gasteiger partial charge in [-0.2, -0.15) is 0 Å². The van der Waals surface area contributed by atoms with Gasteiger partial charge in [-0.25, -0.2) is 0 Å². The Morgan fingerprint density at radius 2 is 0.800 bits per heavy atom. The van der Waals surface area contributed by atoms with E-state index >= 15 is 0 Å². The molecule has 0 aliphatic rings. The largest absolute Gasteiger partial charge is 0.309 e.